The van der Waals surface area contributed by atoms with Crippen LogP contribution in [0.25, 0.3) is 0 Å². The molecule has 0 saturated heterocycles. The third-order valence-electron chi connectivity index (χ3n) is 4.51. The summed E-state index contributed by atoms with van der Waals surface area (Å²) in [6, 6.07) is 2.93. The second-order valence-electron chi connectivity index (χ2n) is 6.73. The second-order valence-corrected chi connectivity index (χ2v) is 6.73. The van der Waals surface area contributed by atoms with E-state index in [1.807, 2.05) is 0 Å². The molecule has 0 bridgehead atoms. The number of nitrogens with zero attached hydrogens (tertiary/aromatic N) is 2. The molecule has 1 aromatic heterocycles. The van der Waals surface area contributed by atoms with Gasteiger partial charge in [-0.1, -0.05) is 27.2 Å². The van der Waals surface area contributed by atoms with Gasteiger partial charge in [0, 0.05) is 0 Å². The normalized spacial score (nSPS) is 23.8. The molecule has 0 N–H and O–H groups in total. The van der Waals surface area contributed by atoms with Crippen LogP contribution in [0.15, 0.2) is 18.3 Å². The zero-order valence-electron chi connectivity index (χ0n) is 14.3. The molecule has 0 amide bonds. The molecule has 1 aliphatic rings. The summed E-state index contributed by atoms with van der Waals surface area (Å²) < 4.78 is 10.8. The van der Waals surface area contributed by atoms with Crippen LogP contribution in [-0.2, 0) is 9.53 Å². The summed E-state index contributed by atoms with van der Waals surface area (Å²) in [6.07, 6.45) is 4.23. The average molecular weight is 336 g/mol. The molecule has 132 valence electrons. The topological polar surface area (TPSA) is 91.6 Å². The lowest BCUT2D eigenvalue weighted by atomic mass is 9.75. The summed E-state index contributed by atoms with van der Waals surface area (Å²) in [4.78, 5) is 26.0. The number of aromatic nitrogens is 1. The van der Waals surface area contributed by atoms with Crippen LogP contribution in [-0.4, -0.2) is 28.6 Å². The molecule has 7 heteroatoms. The number of carbonyl (C=O) groups is 1. The first-order valence-corrected chi connectivity index (χ1v) is 8.30. The van der Waals surface area contributed by atoms with Crippen molar-refractivity contribution in [2.45, 2.75) is 46.1 Å². The van der Waals surface area contributed by atoms with Gasteiger partial charge in [-0.15, -0.1) is 0 Å². The highest BCUT2D eigenvalue weighted by atomic mass is 16.6. The molecule has 1 aromatic rings. The third-order valence-corrected chi connectivity index (χ3v) is 4.51. The number of rotatable bonds is 6. The van der Waals surface area contributed by atoms with E-state index in [2.05, 4.69) is 25.8 Å². The first-order valence-electron chi connectivity index (χ1n) is 8.30. The minimum absolute atomic E-state index is 0.0307. The molecular weight excluding hydrogens is 312 g/mol. The molecular formula is C17H24N2O5. The number of pyridine rings is 1. The molecule has 1 aliphatic carbocycles. The minimum atomic E-state index is -0.641. The molecule has 3 unspecified atom stereocenters. The standard InChI is InChI=1S/C17H24N2O5/c1-11(2)13-7-6-12(3)9-15(13)24-16(20)10-23-14-5-4-8-18-17(14)19(21)22/h4-5,8,11-13,15H,6-7,9-10H2,1-3H3. The fourth-order valence-corrected chi connectivity index (χ4v) is 3.22. The van der Waals surface area contributed by atoms with Crippen molar-refractivity contribution < 1.29 is 19.2 Å². The van der Waals surface area contributed by atoms with Gasteiger partial charge in [-0.05, 0) is 52.6 Å². The lowest BCUT2D eigenvalue weighted by molar-refractivity contribution is -0.390. The predicted octanol–water partition coefficient (Wildman–Crippen LogP) is 3.37. The van der Waals surface area contributed by atoms with Crippen molar-refractivity contribution >= 4 is 11.8 Å². The van der Waals surface area contributed by atoms with E-state index in [4.69, 9.17) is 9.47 Å². The zero-order valence-corrected chi connectivity index (χ0v) is 14.3. The predicted molar refractivity (Wildman–Crippen MR) is 87.6 cm³/mol. The Labute approximate surface area is 141 Å². The zero-order chi connectivity index (χ0) is 17.7. The molecule has 2 rings (SSSR count). The molecule has 0 spiro atoms. The molecule has 24 heavy (non-hydrogen) atoms. The molecule has 3 atom stereocenters. The highest BCUT2D eigenvalue weighted by Crippen LogP contribution is 2.35. The van der Waals surface area contributed by atoms with Gasteiger partial charge >= 0.3 is 11.8 Å². The highest BCUT2D eigenvalue weighted by molar-refractivity contribution is 5.71. The van der Waals surface area contributed by atoms with Gasteiger partial charge in [0.1, 0.15) is 12.3 Å². The van der Waals surface area contributed by atoms with E-state index < -0.39 is 16.7 Å². The van der Waals surface area contributed by atoms with Crippen molar-refractivity contribution in [1.29, 1.82) is 0 Å². The third kappa shape index (κ3) is 4.66. The van der Waals surface area contributed by atoms with Crippen LogP contribution in [0.5, 0.6) is 5.75 Å². The summed E-state index contributed by atoms with van der Waals surface area (Å²) in [5.74, 6) is 0.373. The SMILES string of the molecule is CC1CCC(C(C)C)C(OC(=O)COc2cccnc2[N+](=O)[O-])C1. The Morgan fingerprint density at radius 1 is 1.46 bits per heavy atom. The van der Waals surface area contributed by atoms with Crippen LogP contribution in [0.4, 0.5) is 5.82 Å². The van der Waals surface area contributed by atoms with Gasteiger partial charge in [0.2, 0.25) is 5.75 Å². The van der Waals surface area contributed by atoms with Crippen LogP contribution < -0.4 is 4.74 Å². The van der Waals surface area contributed by atoms with Gasteiger partial charge in [-0.3, -0.25) is 0 Å². The number of nitro groups is 1. The maximum Gasteiger partial charge on any atom is 0.406 e. The molecule has 7 nitrogen and oxygen atoms in total. The van der Waals surface area contributed by atoms with Gasteiger partial charge in [0.05, 0.1) is 0 Å². The molecule has 0 aromatic carbocycles. The molecule has 0 radical (unpaired) electrons. The fraction of sp³-hybridized carbons (Fsp3) is 0.647. The highest BCUT2D eigenvalue weighted by Gasteiger charge is 2.33. The molecule has 1 fully saturated rings. The van der Waals surface area contributed by atoms with Crippen molar-refractivity contribution in [1.82, 2.24) is 4.98 Å². The van der Waals surface area contributed by atoms with Gasteiger partial charge < -0.3 is 19.6 Å². The number of ether oxygens (including phenoxy) is 2. The van der Waals surface area contributed by atoms with Gasteiger partial charge in [0.15, 0.2) is 6.61 Å². The Morgan fingerprint density at radius 3 is 2.88 bits per heavy atom. The largest absolute Gasteiger partial charge is 0.474 e. The summed E-state index contributed by atoms with van der Waals surface area (Å²) in [5, 5.41) is 10.9. The van der Waals surface area contributed by atoms with E-state index in [-0.39, 0.29) is 18.5 Å². The lowest BCUT2D eigenvalue weighted by Crippen LogP contribution is -2.37. The number of hydrogen-bond acceptors (Lipinski definition) is 6. The second kappa shape index (κ2) is 8.08. The lowest BCUT2D eigenvalue weighted by Gasteiger charge is -2.36. The van der Waals surface area contributed by atoms with Crippen molar-refractivity contribution in [3.05, 3.63) is 28.4 Å². The van der Waals surface area contributed by atoms with Crippen LogP contribution in [0, 0.1) is 27.9 Å². The minimum Gasteiger partial charge on any atom is -0.474 e. The summed E-state index contributed by atoms with van der Waals surface area (Å²) in [7, 11) is 0. The molecule has 0 aliphatic heterocycles. The smallest absolute Gasteiger partial charge is 0.406 e. The van der Waals surface area contributed by atoms with E-state index in [1.165, 1.54) is 18.3 Å². The maximum atomic E-state index is 12.1. The van der Waals surface area contributed by atoms with Gasteiger partial charge in [-0.2, -0.15) is 0 Å². The van der Waals surface area contributed by atoms with E-state index in [0.717, 1.165) is 19.3 Å². The monoisotopic (exact) mass is 336 g/mol. The van der Waals surface area contributed by atoms with E-state index in [1.54, 1.807) is 0 Å². The van der Waals surface area contributed by atoms with E-state index in [0.29, 0.717) is 17.8 Å². The Balaban J connectivity index is 1.94. The first-order chi connectivity index (χ1) is 11.4. The van der Waals surface area contributed by atoms with Gasteiger partial charge in [-0.25, -0.2) is 4.79 Å². The molecule has 1 heterocycles. The van der Waals surface area contributed by atoms with Crippen LogP contribution in [0.3, 0.4) is 0 Å². The summed E-state index contributed by atoms with van der Waals surface area (Å²) >= 11 is 0. The fourth-order valence-electron chi connectivity index (χ4n) is 3.22. The van der Waals surface area contributed by atoms with E-state index >= 15 is 0 Å². The Hall–Kier alpha value is -2.18. The van der Waals surface area contributed by atoms with Crippen molar-refractivity contribution in [2.75, 3.05) is 6.61 Å². The Bertz CT molecular complexity index is 590. The Morgan fingerprint density at radius 2 is 2.21 bits per heavy atom. The van der Waals surface area contributed by atoms with Crippen LogP contribution in [0.2, 0.25) is 0 Å². The Kier molecular flexibility index (Phi) is 6.11. The first kappa shape index (κ1) is 18.2. The summed E-state index contributed by atoms with van der Waals surface area (Å²) in [6.45, 7) is 6.07. The average Bonchev–Trinajstić information content (AvgIpc) is 2.53. The number of esters is 1. The van der Waals surface area contributed by atoms with Crippen molar-refractivity contribution in [2.24, 2.45) is 17.8 Å². The van der Waals surface area contributed by atoms with Crippen molar-refractivity contribution in [3.63, 3.8) is 0 Å². The summed E-state index contributed by atoms with van der Waals surface area (Å²) in [5.41, 5.74) is 0. The van der Waals surface area contributed by atoms with E-state index in [9.17, 15) is 14.9 Å². The van der Waals surface area contributed by atoms with Crippen LogP contribution in [0.1, 0.15) is 40.0 Å². The maximum absolute atomic E-state index is 12.1. The van der Waals surface area contributed by atoms with Crippen molar-refractivity contribution in [3.8, 4) is 5.75 Å². The number of carbonyl (C=O) groups excluding carboxylic acids is 1. The quantitative estimate of drug-likeness (QED) is 0.449. The van der Waals surface area contributed by atoms with Gasteiger partial charge in [0.25, 0.3) is 0 Å². The van der Waals surface area contributed by atoms with Crippen LogP contribution >= 0.6 is 0 Å². The number of hydrogen-bond donors (Lipinski definition) is 0. The molecule has 1 saturated carbocycles.